The van der Waals surface area contributed by atoms with E-state index in [1.54, 1.807) is 12.1 Å². The molecule has 1 aromatic heterocycles. The molecule has 1 heterocycles. The van der Waals surface area contributed by atoms with E-state index in [0.717, 1.165) is 46.1 Å². The lowest BCUT2D eigenvalue weighted by molar-refractivity contribution is 0.627. The highest BCUT2D eigenvalue weighted by Gasteiger charge is 2.18. The fraction of sp³-hybridized carbons (Fsp3) is 0.200. The van der Waals surface area contributed by atoms with E-state index in [-0.39, 0.29) is 5.82 Å². The lowest BCUT2D eigenvalue weighted by atomic mass is 9.93. The first-order valence-corrected chi connectivity index (χ1v) is 9.77. The summed E-state index contributed by atoms with van der Waals surface area (Å²) in [6.07, 6.45) is 1.80. The molecule has 0 spiro atoms. The summed E-state index contributed by atoms with van der Waals surface area (Å²) in [7, 11) is 0. The van der Waals surface area contributed by atoms with E-state index >= 15 is 4.39 Å². The van der Waals surface area contributed by atoms with E-state index in [0.29, 0.717) is 16.8 Å². The number of aryl methyl sites for hydroxylation is 3. The van der Waals surface area contributed by atoms with Gasteiger partial charge < -0.3 is 0 Å². The molecule has 0 saturated heterocycles. The largest absolute Gasteiger partial charge is 0.278 e. The molecule has 0 aliphatic heterocycles. The van der Waals surface area contributed by atoms with Gasteiger partial charge in [0, 0.05) is 16.5 Å². The Morgan fingerprint density at radius 2 is 1.83 bits per heavy atom. The van der Waals surface area contributed by atoms with Crippen LogP contribution in [0, 0.1) is 26.2 Å². The molecule has 0 amide bonds. The van der Waals surface area contributed by atoms with Crippen molar-refractivity contribution in [1.82, 2.24) is 10.2 Å². The van der Waals surface area contributed by atoms with Crippen molar-refractivity contribution in [2.75, 3.05) is 0 Å². The Morgan fingerprint density at radius 1 is 1.07 bits per heavy atom. The third-order valence-corrected chi connectivity index (χ3v) is 5.28. The molecule has 0 radical (unpaired) electrons. The zero-order valence-electron chi connectivity index (χ0n) is 16.8. The molecule has 0 saturated carbocycles. The molecule has 4 rings (SSSR count). The molecule has 4 heteroatoms. The van der Waals surface area contributed by atoms with Gasteiger partial charge >= 0.3 is 0 Å². The lowest BCUT2D eigenvalue weighted by Gasteiger charge is -2.13. The van der Waals surface area contributed by atoms with Crippen LogP contribution in [0.4, 0.5) is 10.1 Å². The van der Waals surface area contributed by atoms with Crippen molar-refractivity contribution >= 4 is 16.6 Å². The molecule has 144 valence electrons. The minimum atomic E-state index is -0.280. The molecule has 3 nitrogen and oxygen atoms in total. The minimum Gasteiger partial charge on any atom is -0.278 e. The molecular weight excluding hydrogens is 361 g/mol. The lowest BCUT2D eigenvalue weighted by Crippen LogP contribution is -1.94. The SMILES string of the molecule is [C-]#[N+]c1cc2[nH]nc(-c3ccc(C)cc3)c2cc1-c1c(C)cc(CCC)cc1F. The third-order valence-electron chi connectivity index (χ3n) is 5.28. The van der Waals surface area contributed by atoms with Gasteiger partial charge in [0.25, 0.3) is 0 Å². The van der Waals surface area contributed by atoms with Crippen LogP contribution in [0.1, 0.15) is 30.0 Å². The molecule has 29 heavy (non-hydrogen) atoms. The van der Waals surface area contributed by atoms with Crippen molar-refractivity contribution in [3.8, 4) is 22.4 Å². The highest BCUT2D eigenvalue weighted by molar-refractivity contribution is 6.00. The molecule has 0 atom stereocenters. The number of aromatic amines is 1. The maximum Gasteiger partial charge on any atom is 0.197 e. The van der Waals surface area contributed by atoms with Gasteiger partial charge in [0.05, 0.1) is 17.8 Å². The highest BCUT2D eigenvalue weighted by atomic mass is 19.1. The number of rotatable bonds is 4. The standard InChI is InChI=1S/C25H22FN3/c1-5-6-17-11-16(3)24(21(26)12-17)19-13-20-23(14-22(19)27-4)28-29-25(20)18-9-7-15(2)8-10-18/h7-14H,5-6H2,1-3H3,(H,28,29). The van der Waals surface area contributed by atoms with E-state index in [1.165, 1.54) is 5.56 Å². The number of nitrogens with zero attached hydrogens (tertiary/aromatic N) is 2. The van der Waals surface area contributed by atoms with Gasteiger partial charge in [0.15, 0.2) is 5.69 Å². The zero-order valence-corrected chi connectivity index (χ0v) is 16.8. The van der Waals surface area contributed by atoms with Gasteiger partial charge in [-0.15, -0.1) is 0 Å². The highest BCUT2D eigenvalue weighted by Crippen LogP contribution is 2.40. The van der Waals surface area contributed by atoms with Crippen LogP contribution in [0.25, 0.3) is 38.1 Å². The molecule has 4 aromatic rings. The monoisotopic (exact) mass is 383 g/mol. The zero-order chi connectivity index (χ0) is 20.5. The topological polar surface area (TPSA) is 33.0 Å². The molecule has 1 N–H and O–H groups in total. The molecule has 0 unspecified atom stereocenters. The van der Waals surface area contributed by atoms with E-state index in [2.05, 4.69) is 22.0 Å². The first kappa shape index (κ1) is 18.9. The quantitative estimate of drug-likeness (QED) is 0.373. The number of halogens is 1. The molecule has 0 bridgehead atoms. The smallest absolute Gasteiger partial charge is 0.197 e. The van der Waals surface area contributed by atoms with Crippen molar-refractivity contribution in [2.45, 2.75) is 33.6 Å². The van der Waals surface area contributed by atoms with Crippen molar-refractivity contribution < 1.29 is 4.39 Å². The number of aromatic nitrogens is 2. The summed E-state index contributed by atoms with van der Waals surface area (Å²) in [5.74, 6) is -0.280. The Morgan fingerprint density at radius 3 is 2.48 bits per heavy atom. The molecule has 0 aliphatic carbocycles. The second kappa shape index (κ2) is 7.52. The second-order valence-corrected chi connectivity index (χ2v) is 7.48. The summed E-state index contributed by atoms with van der Waals surface area (Å²) in [4.78, 5) is 3.67. The predicted molar refractivity (Wildman–Crippen MR) is 117 cm³/mol. The fourth-order valence-corrected chi connectivity index (χ4v) is 3.87. The summed E-state index contributed by atoms with van der Waals surface area (Å²) in [6, 6.07) is 15.4. The maximum atomic E-state index is 15.1. The first-order valence-electron chi connectivity index (χ1n) is 9.77. The van der Waals surface area contributed by atoms with Crippen molar-refractivity contribution in [2.24, 2.45) is 0 Å². The number of H-pyrrole nitrogens is 1. The van der Waals surface area contributed by atoms with Crippen LogP contribution in [0.3, 0.4) is 0 Å². The van der Waals surface area contributed by atoms with E-state index in [1.807, 2.05) is 50.2 Å². The van der Waals surface area contributed by atoms with Crippen LogP contribution < -0.4 is 0 Å². The predicted octanol–water partition coefficient (Wildman–Crippen LogP) is 7.16. The molecular formula is C25H22FN3. The molecule has 0 fully saturated rings. The van der Waals surface area contributed by atoms with Crippen molar-refractivity contribution in [1.29, 1.82) is 0 Å². The molecule has 3 aromatic carbocycles. The minimum absolute atomic E-state index is 0.280. The van der Waals surface area contributed by atoms with Gasteiger partial charge in [0.2, 0.25) is 0 Å². The summed E-state index contributed by atoms with van der Waals surface area (Å²) in [5.41, 5.74) is 7.09. The maximum absolute atomic E-state index is 15.1. The van der Waals surface area contributed by atoms with Gasteiger partial charge in [-0.25, -0.2) is 9.24 Å². The average molecular weight is 383 g/mol. The summed E-state index contributed by atoms with van der Waals surface area (Å²) in [5, 5.41) is 8.37. The number of benzene rings is 3. The van der Waals surface area contributed by atoms with Gasteiger partial charge in [-0.05, 0) is 49.1 Å². The van der Waals surface area contributed by atoms with Crippen LogP contribution in [-0.4, -0.2) is 10.2 Å². The first-order chi connectivity index (χ1) is 14.0. The Bertz CT molecular complexity index is 1220. The van der Waals surface area contributed by atoms with Crippen LogP contribution in [0.15, 0.2) is 48.5 Å². The normalized spacial score (nSPS) is 11.0. The number of hydrogen-bond acceptors (Lipinski definition) is 1. The summed E-state index contributed by atoms with van der Waals surface area (Å²) < 4.78 is 15.1. The summed E-state index contributed by atoms with van der Waals surface area (Å²) >= 11 is 0. The Kier molecular flexibility index (Phi) is 4.90. The Balaban J connectivity index is 1.94. The van der Waals surface area contributed by atoms with Crippen LogP contribution in [0.2, 0.25) is 0 Å². The second-order valence-electron chi connectivity index (χ2n) is 7.48. The van der Waals surface area contributed by atoms with Crippen LogP contribution in [-0.2, 0) is 6.42 Å². The molecule has 0 aliphatic rings. The van der Waals surface area contributed by atoms with Gasteiger partial charge in [-0.2, -0.15) is 5.10 Å². The van der Waals surface area contributed by atoms with Gasteiger partial charge in [-0.1, -0.05) is 55.3 Å². The van der Waals surface area contributed by atoms with E-state index in [4.69, 9.17) is 6.57 Å². The Hall–Kier alpha value is -3.45. The number of nitrogens with one attached hydrogen (secondary N) is 1. The van der Waals surface area contributed by atoms with E-state index < -0.39 is 0 Å². The van der Waals surface area contributed by atoms with Gasteiger partial charge in [0.1, 0.15) is 5.82 Å². The Labute approximate surface area is 170 Å². The number of hydrogen-bond donors (Lipinski definition) is 1. The van der Waals surface area contributed by atoms with Crippen molar-refractivity contribution in [3.63, 3.8) is 0 Å². The van der Waals surface area contributed by atoms with Gasteiger partial charge in [-0.3, -0.25) is 5.10 Å². The van der Waals surface area contributed by atoms with Crippen LogP contribution in [0.5, 0.6) is 0 Å². The van der Waals surface area contributed by atoms with Crippen molar-refractivity contribution in [3.05, 3.63) is 82.5 Å². The fourth-order valence-electron chi connectivity index (χ4n) is 3.87. The third kappa shape index (κ3) is 3.40. The van der Waals surface area contributed by atoms with E-state index in [9.17, 15) is 0 Å². The number of fused-ring (bicyclic) bond motifs is 1. The average Bonchev–Trinajstić information content (AvgIpc) is 3.10. The van der Waals surface area contributed by atoms with Crippen LogP contribution >= 0.6 is 0 Å². The summed E-state index contributed by atoms with van der Waals surface area (Å²) in [6.45, 7) is 13.7.